The molecule has 0 unspecified atom stereocenters. The molecule has 1 aromatic carbocycles. The van der Waals surface area contributed by atoms with Gasteiger partial charge in [0, 0.05) is 11.9 Å². The molecule has 0 saturated carbocycles. The Morgan fingerprint density at radius 1 is 1.15 bits per heavy atom. The van der Waals surface area contributed by atoms with Crippen LogP contribution in [0, 0.1) is 0 Å². The van der Waals surface area contributed by atoms with E-state index in [0.717, 1.165) is 35.7 Å². The lowest BCUT2D eigenvalue weighted by Crippen LogP contribution is -2.03. The first-order chi connectivity index (χ1) is 9.67. The van der Waals surface area contributed by atoms with E-state index < -0.39 is 0 Å². The maximum absolute atomic E-state index is 6.30. The van der Waals surface area contributed by atoms with E-state index in [4.69, 9.17) is 11.5 Å². The maximum atomic E-state index is 6.30. The highest BCUT2D eigenvalue weighted by Gasteiger charge is 2.17. The van der Waals surface area contributed by atoms with E-state index in [1.165, 1.54) is 5.56 Å². The molecule has 5 nitrogen and oxygen atoms in total. The van der Waals surface area contributed by atoms with E-state index in [-0.39, 0.29) is 0 Å². The average Bonchev–Trinajstić information content (AvgIpc) is 2.77. The minimum Gasteiger partial charge on any atom is -0.383 e. The van der Waals surface area contributed by atoms with Gasteiger partial charge in [-0.25, -0.2) is 9.67 Å². The van der Waals surface area contributed by atoms with E-state index in [9.17, 15) is 0 Å². The van der Waals surface area contributed by atoms with E-state index in [2.05, 4.69) is 30.0 Å². The molecule has 5 heteroatoms. The van der Waals surface area contributed by atoms with Crippen molar-refractivity contribution in [2.45, 2.75) is 33.2 Å². The number of hydrogen-bond donors (Lipinski definition) is 2. The van der Waals surface area contributed by atoms with Crippen LogP contribution in [-0.4, -0.2) is 14.8 Å². The van der Waals surface area contributed by atoms with Crippen LogP contribution in [0.4, 0.5) is 11.6 Å². The van der Waals surface area contributed by atoms with Gasteiger partial charge in [0.25, 0.3) is 0 Å². The molecule has 0 fully saturated rings. The summed E-state index contributed by atoms with van der Waals surface area (Å²) in [7, 11) is 0. The van der Waals surface area contributed by atoms with Crippen molar-refractivity contribution in [2.24, 2.45) is 0 Å². The molecule has 0 aliphatic heterocycles. The molecule has 0 atom stereocenters. The van der Waals surface area contributed by atoms with Crippen molar-refractivity contribution >= 4 is 33.4 Å². The van der Waals surface area contributed by atoms with Gasteiger partial charge in [0.05, 0.1) is 10.9 Å². The highest BCUT2D eigenvalue weighted by molar-refractivity contribution is 6.14. The van der Waals surface area contributed by atoms with Crippen LogP contribution < -0.4 is 11.5 Å². The molecule has 3 aromatic rings. The third-order valence-corrected chi connectivity index (χ3v) is 3.67. The van der Waals surface area contributed by atoms with Gasteiger partial charge in [-0.15, -0.1) is 0 Å². The van der Waals surface area contributed by atoms with Gasteiger partial charge in [0.1, 0.15) is 11.3 Å². The number of nitrogen functional groups attached to an aromatic ring is 2. The minimum atomic E-state index is 0.447. The molecular weight excluding hydrogens is 250 g/mol. The highest BCUT2D eigenvalue weighted by atomic mass is 15.3. The zero-order valence-electron chi connectivity index (χ0n) is 11.8. The Hall–Kier alpha value is -2.30. The van der Waals surface area contributed by atoms with Crippen molar-refractivity contribution in [2.75, 3.05) is 11.5 Å². The molecule has 3 rings (SSSR count). The number of fused-ring (bicyclic) bond motifs is 3. The van der Waals surface area contributed by atoms with Crippen molar-refractivity contribution in [1.82, 2.24) is 14.8 Å². The van der Waals surface area contributed by atoms with Crippen molar-refractivity contribution < 1.29 is 0 Å². The van der Waals surface area contributed by atoms with Gasteiger partial charge in [-0.05, 0) is 24.5 Å². The molecule has 0 bridgehead atoms. The quantitative estimate of drug-likeness (QED) is 0.765. The fourth-order valence-electron chi connectivity index (χ4n) is 2.73. The number of benzene rings is 1. The van der Waals surface area contributed by atoms with E-state index in [1.807, 2.05) is 16.8 Å². The molecule has 0 aliphatic carbocycles. The first kappa shape index (κ1) is 12.7. The number of rotatable bonds is 3. The Balaban J connectivity index is 2.50. The predicted molar refractivity (Wildman–Crippen MR) is 83.5 cm³/mol. The third kappa shape index (κ3) is 1.70. The van der Waals surface area contributed by atoms with Crippen LogP contribution in [0.15, 0.2) is 18.2 Å². The van der Waals surface area contributed by atoms with Gasteiger partial charge >= 0.3 is 0 Å². The lowest BCUT2D eigenvalue weighted by atomic mass is 10.0. The summed E-state index contributed by atoms with van der Waals surface area (Å²) >= 11 is 0. The number of nitrogens with two attached hydrogens (primary N) is 2. The molecule has 0 aliphatic rings. The van der Waals surface area contributed by atoms with Crippen LogP contribution in [0.5, 0.6) is 0 Å². The zero-order valence-corrected chi connectivity index (χ0v) is 11.8. The molecule has 2 heterocycles. The van der Waals surface area contributed by atoms with Gasteiger partial charge in [-0.1, -0.05) is 26.0 Å². The van der Waals surface area contributed by atoms with Gasteiger partial charge < -0.3 is 11.5 Å². The fourth-order valence-corrected chi connectivity index (χ4v) is 2.73. The molecule has 0 radical (unpaired) electrons. The summed E-state index contributed by atoms with van der Waals surface area (Å²) in [5, 5.41) is 6.56. The van der Waals surface area contributed by atoms with E-state index in [1.54, 1.807) is 0 Å². The zero-order chi connectivity index (χ0) is 14.3. The smallest absolute Gasteiger partial charge is 0.152 e. The molecule has 2 aromatic heterocycles. The fraction of sp³-hybridized carbons (Fsp3) is 0.333. The second kappa shape index (κ2) is 4.67. The Bertz CT molecular complexity index is 788. The van der Waals surface area contributed by atoms with Gasteiger partial charge in [0.15, 0.2) is 5.82 Å². The molecule has 0 spiro atoms. The third-order valence-electron chi connectivity index (χ3n) is 3.67. The molecule has 0 saturated heterocycles. The molecule has 4 N–H and O–H groups in total. The van der Waals surface area contributed by atoms with Gasteiger partial charge in [-0.2, -0.15) is 5.10 Å². The lowest BCUT2D eigenvalue weighted by molar-refractivity contribution is 0.617. The second-order valence-corrected chi connectivity index (χ2v) is 4.99. The lowest BCUT2D eigenvalue weighted by Gasteiger charge is -2.07. The van der Waals surface area contributed by atoms with Crippen molar-refractivity contribution in [1.29, 1.82) is 0 Å². The van der Waals surface area contributed by atoms with Crippen molar-refractivity contribution in [3.63, 3.8) is 0 Å². The topological polar surface area (TPSA) is 82.8 Å². The first-order valence-electron chi connectivity index (χ1n) is 7.00. The van der Waals surface area contributed by atoms with Gasteiger partial charge in [0.2, 0.25) is 0 Å². The summed E-state index contributed by atoms with van der Waals surface area (Å²) < 4.78 is 1.83. The Labute approximate surface area is 117 Å². The second-order valence-electron chi connectivity index (χ2n) is 4.99. The van der Waals surface area contributed by atoms with Crippen LogP contribution in [0.25, 0.3) is 21.8 Å². The average molecular weight is 269 g/mol. The van der Waals surface area contributed by atoms with Crippen LogP contribution in [0.2, 0.25) is 0 Å². The number of aryl methyl sites for hydroxylation is 2. The van der Waals surface area contributed by atoms with Crippen LogP contribution in [0.3, 0.4) is 0 Å². The Morgan fingerprint density at radius 3 is 2.65 bits per heavy atom. The Kier molecular flexibility index (Phi) is 2.97. The van der Waals surface area contributed by atoms with Crippen LogP contribution >= 0.6 is 0 Å². The first-order valence-corrected chi connectivity index (χ1v) is 7.00. The minimum absolute atomic E-state index is 0.447. The van der Waals surface area contributed by atoms with Crippen molar-refractivity contribution in [3.8, 4) is 0 Å². The summed E-state index contributed by atoms with van der Waals surface area (Å²) in [6.45, 7) is 5.02. The summed E-state index contributed by atoms with van der Waals surface area (Å²) in [6.07, 6.45) is 1.90. The summed E-state index contributed by atoms with van der Waals surface area (Å²) in [6, 6.07) is 6.09. The number of pyridine rings is 1. The summed E-state index contributed by atoms with van der Waals surface area (Å²) in [5.41, 5.74) is 15.2. The predicted octanol–water partition coefficient (Wildman–Crippen LogP) is 2.72. The van der Waals surface area contributed by atoms with Crippen LogP contribution in [-0.2, 0) is 13.0 Å². The number of aromatic nitrogens is 3. The van der Waals surface area contributed by atoms with Crippen LogP contribution in [0.1, 0.15) is 25.8 Å². The molecule has 104 valence electrons. The maximum Gasteiger partial charge on any atom is 0.152 e. The van der Waals surface area contributed by atoms with E-state index in [0.29, 0.717) is 17.2 Å². The monoisotopic (exact) mass is 269 g/mol. The largest absolute Gasteiger partial charge is 0.383 e. The standard InChI is InChI=1S/C15H19N5/c1-3-8-20-15(17)12-11-9(4-2)6-5-7-10(11)18-14(16)13(12)19-20/h5-7H,3-4,8,17H2,1-2H3,(H2,16,18). The SMILES string of the molecule is CCCn1nc2c(N)nc3cccc(CC)c3c2c1N. The molecule has 20 heavy (non-hydrogen) atoms. The Morgan fingerprint density at radius 2 is 1.95 bits per heavy atom. The van der Waals surface area contributed by atoms with E-state index >= 15 is 0 Å². The number of hydrogen-bond acceptors (Lipinski definition) is 4. The summed E-state index contributed by atoms with van der Waals surface area (Å²) in [4.78, 5) is 4.47. The molecular formula is C15H19N5. The number of nitrogens with zero attached hydrogens (tertiary/aromatic N) is 3. The van der Waals surface area contributed by atoms with Crippen molar-refractivity contribution in [3.05, 3.63) is 23.8 Å². The molecule has 0 amide bonds. The van der Waals surface area contributed by atoms with Gasteiger partial charge in [-0.3, -0.25) is 0 Å². The number of anilines is 2. The summed E-state index contributed by atoms with van der Waals surface area (Å²) in [5.74, 6) is 1.13. The normalized spacial score (nSPS) is 11.5. The highest BCUT2D eigenvalue weighted by Crippen LogP contribution is 2.34.